The van der Waals surface area contributed by atoms with Gasteiger partial charge in [0.1, 0.15) is 11.6 Å². The van der Waals surface area contributed by atoms with Gasteiger partial charge in [0, 0.05) is 10.5 Å². The summed E-state index contributed by atoms with van der Waals surface area (Å²) in [4.78, 5) is 4.26. The molecule has 0 bridgehead atoms. The predicted octanol–water partition coefficient (Wildman–Crippen LogP) is 4.39. The molecule has 0 spiro atoms. The summed E-state index contributed by atoms with van der Waals surface area (Å²) in [5.41, 5.74) is 1.40. The van der Waals surface area contributed by atoms with Crippen LogP contribution in [0.2, 0.25) is 0 Å². The fourth-order valence-electron chi connectivity index (χ4n) is 1.38. The SMILES string of the molecule is Cc1cc(Oc2ccc(Br)c(C)n2)ccc1F. The Balaban J connectivity index is 2.25. The molecule has 0 aliphatic rings. The molecule has 1 aromatic carbocycles. The van der Waals surface area contributed by atoms with Gasteiger partial charge in [0.05, 0.1) is 5.69 Å². The van der Waals surface area contributed by atoms with Crippen molar-refractivity contribution in [1.82, 2.24) is 4.98 Å². The fraction of sp³-hybridized carbons (Fsp3) is 0.154. The van der Waals surface area contributed by atoms with Crippen molar-refractivity contribution in [3.8, 4) is 11.6 Å². The van der Waals surface area contributed by atoms with Crippen molar-refractivity contribution in [3.05, 3.63) is 51.9 Å². The lowest BCUT2D eigenvalue weighted by atomic mass is 10.2. The maximum absolute atomic E-state index is 13.1. The van der Waals surface area contributed by atoms with E-state index in [9.17, 15) is 4.39 Å². The average molecular weight is 296 g/mol. The van der Waals surface area contributed by atoms with E-state index in [-0.39, 0.29) is 5.82 Å². The molecule has 0 radical (unpaired) electrons. The van der Waals surface area contributed by atoms with E-state index < -0.39 is 0 Å². The minimum Gasteiger partial charge on any atom is -0.439 e. The molecular formula is C13H11BrFNO. The Kier molecular flexibility index (Phi) is 3.43. The van der Waals surface area contributed by atoms with Crippen LogP contribution < -0.4 is 4.74 Å². The van der Waals surface area contributed by atoms with Crippen LogP contribution in [-0.2, 0) is 0 Å². The molecule has 1 aromatic heterocycles. The third-order valence-electron chi connectivity index (χ3n) is 2.35. The number of pyridine rings is 1. The van der Waals surface area contributed by atoms with E-state index in [0.717, 1.165) is 10.2 Å². The van der Waals surface area contributed by atoms with Gasteiger partial charge in [-0.3, -0.25) is 0 Å². The van der Waals surface area contributed by atoms with E-state index in [4.69, 9.17) is 4.74 Å². The van der Waals surface area contributed by atoms with Gasteiger partial charge in [-0.15, -0.1) is 0 Å². The van der Waals surface area contributed by atoms with Crippen LogP contribution in [0.25, 0.3) is 0 Å². The molecule has 0 saturated heterocycles. The second-order valence-corrected chi connectivity index (χ2v) is 4.58. The van der Waals surface area contributed by atoms with Gasteiger partial charge in [0.2, 0.25) is 5.88 Å². The minimum atomic E-state index is -0.239. The maximum Gasteiger partial charge on any atom is 0.219 e. The number of aryl methyl sites for hydroxylation is 2. The van der Waals surface area contributed by atoms with E-state index in [1.165, 1.54) is 6.07 Å². The standard InChI is InChI=1S/C13H11BrFNO/c1-8-7-10(3-5-12(8)15)17-13-6-4-11(14)9(2)16-13/h3-7H,1-2H3. The van der Waals surface area contributed by atoms with Crippen molar-refractivity contribution < 1.29 is 9.13 Å². The van der Waals surface area contributed by atoms with Gasteiger partial charge in [0.15, 0.2) is 0 Å². The molecule has 0 fully saturated rings. The molecular weight excluding hydrogens is 285 g/mol. The van der Waals surface area contributed by atoms with Crippen LogP contribution in [0.3, 0.4) is 0 Å². The van der Waals surface area contributed by atoms with Crippen LogP contribution in [0, 0.1) is 19.7 Å². The second-order valence-electron chi connectivity index (χ2n) is 3.73. The van der Waals surface area contributed by atoms with Crippen molar-refractivity contribution in [1.29, 1.82) is 0 Å². The summed E-state index contributed by atoms with van der Waals surface area (Å²) >= 11 is 3.37. The Morgan fingerprint density at radius 2 is 1.94 bits per heavy atom. The number of aromatic nitrogens is 1. The summed E-state index contributed by atoms with van der Waals surface area (Å²) < 4.78 is 19.6. The van der Waals surface area contributed by atoms with Crippen molar-refractivity contribution >= 4 is 15.9 Å². The molecule has 0 N–H and O–H groups in total. The highest BCUT2D eigenvalue weighted by molar-refractivity contribution is 9.10. The predicted molar refractivity (Wildman–Crippen MR) is 67.9 cm³/mol. The van der Waals surface area contributed by atoms with Crippen molar-refractivity contribution in [2.75, 3.05) is 0 Å². The summed E-state index contributed by atoms with van der Waals surface area (Å²) in [7, 11) is 0. The Labute approximate surface area is 108 Å². The van der Waals surface area contributed by atoms with Crippen LogP contribution >= 0.6 is 15.9 Å². The zero-order valence-electron chi connectivity index (χ0n) is 9.50. The molecule has 88 valence electrons. The molecule has 2 nitrogen and oxygen atoms in total. The first kappa shape index (κ1) is 12.0. The molecule has 2 rings (SSSR count). The molecule has 0 saturated carbocycles. The van der Waals surface area contributed by atoms with Crippen LogP contribution in [0.15, 0.2) is 34.8 Å². The monoisotopic (exact) mass is 295 g/mol. The largest absolute Gasteiger partial charge is 0.439 e. The smallest absolute Gasteiger partial charge is 0.219 e. The van der Waals surface area contributed by atoms with Gasteiger partial charge >= 0.3 is 0 Å². The van der Waals surface area contributed by atoms with E-state index >= 15 is 0 Å². The summed E-state index contributed by atoms with van der Waals surface area (Å²) in [6.07, 6.45) is 0. The Morgan fingerprint density at radius 3 is 2.59 bits per heavy atom. The Bertz CT molecular complexity index is 508. The third-order valence-corrected chi connectivity index (χ3v) is 3.19. The molecule has 17 heavy (non-hydrogen) atoms. The lowest BCUT2D eigenvalue weighted by Gasteiger charge is -2.07. The van der Waals surface area contributed by atoms with E-state index in [2.05, 4.69) is 20.9 Å². The zero-order valence-corrected chi connectivity index (χ0v) is 11.1. The number of halogens is 2. The molecule has 0 amide bonds. The van der Waals surface area contributed by atoms with Crippen LogP contribution in [0.1, 0.15) is 11.3 Å². The molecule has 0 aliphatic heterocycles. The molecule has 2 aromatic rings. The average Bonchev–Trinajstić information content (AvgIpc) is 2.29. The summed E-state index contributed by atoms with van der Waals surface area (Å²) in [5.74, 6) is 0.840. The number of hydrogen-bond donors (Lipinski definition) is 0. The van der Waals surface area contributed by atoms with E-state index in [1.54, 1.807) is 25.1 Å². The summed E-state index contributed by atoms with van der Waals surface area (Å²) in [5, 5.41) is 0. The van der Waals surface area contributed by atoms with Crippen molar-refractivity contribution in [2.24, 2.45) is 0 Å². The number of rotatable bonds is 2. The maximum atomic E-state index is 13.1. The summed E-state index contributed by atoms with van der Waals surface area (Å²) in [6.45, 7) is 3.58. The number of nitrogens with zero attached hydrogens (tertiary/aromatic N) is 1. The summed E-state index contributed by atoms with van der Waals surface area (Å²) in [6, 6.07) is 8.25. The van der Waals surface area contributed by atoms with Crippen molar-refractivity contribution in [2.45, 2.75) is 13.8 Å². The Hall–Kier alpha value is -1.42. The van der Waals surface area contributed by atoms with Crippen LogP contribution in [0.5, 0.6) is 11.6 Å². The highest BCUT2D eigenvalue weighted by Gasteiger charge is 2.04. The lowest BCUT2D eigenvalue weighted by Crippen LogP contribution is -1.91. The first-order valence-electron chi connectivity index (χ1n) is 5.13. The zero-order chi connectivity index (χ0) is 12.4. The molecule has 0 aliphatic carbocycles. The fourth-order valence-corrected chi connectivity index (χ4v) is 1.60. The van der Waals surface area contributed by atoms with Gasteiger partial charge in [-0.2, -0.15) is 0 Å². The minimum absolute atomic E-state index is 0.239. The Morgan fingerprint density at radius 1 is 1.18 bits per heavy atom. The van der Waals surface area contributed by atoms with Gasteiger partial charge in [-0.25, -0.2) is 9.37 Å². The normalized spacial score (nSPS) is 10.4. The number of hydrogen-bond acceptors (Lipinski definition) is 2. The first-order valence-corrected chi connectivity index (χ1v) is 5.93. The van der Waals surface area contributed by atoms with Crippen LogP contribution in [0.4, 0.5) is 4.39 Å². The highest BCUT2D eigenvalue weighted by Crippen LogP contribution is 2.24. The van der Waals surface area contributed by atoms with Crippen molar-refractivity contribution in [3.63, 3.8) is 0 Å². The van der Waals surface area contributed by atoms with Crippen LogP contribution in [-0.4, -0.2) is 4.98 Å². The highest BCUT2D eigenvalue weighted by atomic mass is 79.9. The van der Waals surface area contributed by atoms with Gasteiger partial charge < -0.3 is 4.74 Å². The lowest BCUT2D eigenvalue weighted by molar-refractivity contribution is 0.459. The first-order chi connectivity index (χ1) is 8.06. The van der Waals surface area contributed by atoms with E-state index in [1.807, 2.05) is 13.0 Å². The van der Waals surface area contributed by atoms with Gasteiger partial charge in [-0.1, -0.05) is 0 Å². The molecule has 4 heteroatoms. The van der Waals surface area contributed by atoms with Gasteiger partial charge in [0.25, 0.3) is 0 Å². The number of benzene rings is 1. The van der Waals surface area contributed by atoms with Gasteiger partial charge in [-0.05, 0) is 59.6 Å². The number of ether oxygens (including phenoxy) is 1. The quantitative estimate of drug-likeness (QED) is 0.820. The molecule has 1 heterocycles. The van der Waals surface area contributed by atoms with E-state index in [0.29, 0.717) is 17.2 Å². The molecule has 0 unspecified atom stereocenters. The second kappa shape index (κ2) is 4.84. The third kappa shape index (κ3) is 2.82. The molecule has 0 atom stereocenters. The topological polar surface area (TPSA) is 22.1 Å².